The second kappa shape index (κ2) is 6.83. The summed E-state index contributed by atoms with van der Waals surface area (Å²) in [5, 5.41) is 0. The number of ether oxygens (including phenoxy) is 3. The Balaban J connectivity index is 2.22. The molecule has 1 aromatic rings. The van der Waals surface area contributed by atoms with Crippen LogP contribution < -0.4 is 20.9 Å². The van der Waals surface area contributed by atoms with Crippen molar-refractivity contribution in [2.24, 2.45) is 5.84 Å². The minimum atomic E-state index is -0.0390. The molecule has 9 heteroatoms. The van der Waals surface area contributed by atoms with Crippen molar-refractivity contribution >= 4 is 11.9 Å². The van der Waals surface area contributed by atoms with Gasteiger partial charge in [0.05, 0.1) is 6.10 Å². The molecule has 2 rings (SSSR count). The Bertz CT molecular complexity index is 460. The van der Waals surface area contributed by atoms with Crippen molar-refractivity contribution in [2.45, 2.75) is 32.2 Å². The van der Waals surface area contributed by atoms with E-state index in [1.165, 1.54) is 0 Å². The topological polar surface area (TPSA) is 108 Å². The van der Waals surface area contributed by atoms with Crippen LogP contribution in [0.2, 0.25) is 0 Å². The molecule has 2 unspecified atom stereocenters. The summed E-state index contributed by atoms with van der Waals surface area (Å²) in [5.74, 6) is 6.13. The lowest BCUT2D eigenvalue weighted by Crippen LogP contribution is -2.27. The molecule has 1 aliphatic rings. The van der Waals surface area contributed by atoms with Gasteiger partial charge in [-0.15, -0.1) is 0 Å². The van der Waals surface area contributed by atoms with Gasteiger partial charge in [0.1, 0.15) is 12.2 Å². The zero-order valence-corrected chi connectivity index (χ0v) is 12.7. The van der Waals surface area contributed by atoms with E-state index in [1.807, 2.05) is 18.7 Å². The predicted octanol–water partition coefficient (Wildman–Crippen LogP) is -0.206. The number of nitrogens with zero attached hydrogens (tertiary/aromatic N) is 4. The fourth-order valence-corrected chi connectivity index (χ4v) is 2.18. The molecular weight excluding hydrogens is 276 g/mol. The highest BCUT2D eigenvalue weighted by atomic mass is 16.5. The monoisotopic (exact) mass is 298 g/mol. The van der Waals surface area contributed by atoms with Crippen molar-refractivity contribution in [2.75, 3.05) is 37.6 Å². The summed E-state index contributed by atoms with van der Waals surface area (Å²) < 4.78 is 16.3. The lowest BCUT2D eigenvalue weighted by atomic mass is 10.3. The predicted molar refractivity (Wildman–Crippen MR) is 77.2 cm³/mol. The number of methoxy groups -OCH3 is 2. The van der Waals surface area contributed by atoms with Crippen molar-refractivity contribution in [3.05, 3.63) is 0 Å². The normalized spacial score (nSPS) is 21.9. The largest absolute Gasteiger partial charge is 0.461 e. The second-order valence-electron chi connectivity index (χ2n) is 5.01. The van der Waals surface area contributed by atoms with E-state index in [0.717, 1.165) is 0 Å². The summed E-state index contributed by atoms with van der Waals surface area (Å²) in [6, 6.07) is 0.234. The summed E-state index contributed by atoms with van der Waals surface area (Å²) in [5.41, 5.74) is 2.42. The lowest BCUT2D eigenvalue weighted by Gasteiger charge is -2.17. The summed E-state index contributed by atoms with van der Waals surface area (Å²) >= 11 is 0. The molecule has 2 heterocycles. The molecule has 2 atom stereocenters. The van der Waals surface area contributed by atoms with Crippen LogP contribution in [-0.4, -0.2) is 60.6 Å². The number of nitrogen functional groups attached to an aromatic ring is 1. The van der Waals surface area contributed by atoms with Crippen molar-refractivity contribution < 1.29 is 14.2 Å². The number of nitrogens with two attached hydrogens (primary N) is 1. The fraction of sp³-hybridized carbons (Fsp3) is 0.750. The quantitative estimate of drug-likeness (QED) is 0.545. The van der Waals surface area contributed by atoms with Gasteiger partial charge in [-0.3, -0.25) is 5.43 Å². The summed E-state index contributed by atoms with van der Waals surface area (Å²) in [7, 11) is 3.32. The highest BCUT2D eigenvalue weighted by Crippen LogP contribution is 2.22. The molecule has 0 amide bonds. The zero-order valence-electron chi connectivity index (χ0n) is 12.7. The fourth-order valence-electron chi connectivity index (χ4n) is 2.18. The summed E-state index contributed by atoms with van der Waals surface area (Å²) in [6.07, 6.45) is -0.103. The standard InChI is InChI=1S/C12H22N6O3/c1-7(2)21-12-15-10(17-13)14-11(16-12)18-5-8(19-3)9(6-18)20-4/h7-9H,5-6,13H2,1-4H3,(H,14,15,16,17). The Morgan fingerprint density at radius 2 is 1.76 bits per heavy atom. The summed E-state index contributed by atoms with van der Waals surface area (Å²) in [4.78, 5) is 14.6. The van der Waals surface area contributed by atoms with Crippen molar-refractivity contribution in [3.8, 4) is 6.01 Å². The van der Waals surface area contributed by atoms with Crippen LogP contribution in [0, 0.1) is 0 Å². The average molecular weight is 298 g/mol. The van der Waals surface area contributed by atoms with Crippen molar-refractivity contribution in [1.29, 1.82) is 0 Å². The molecule has 118 valence electrons. The molecule has 1 fully saturated rings. The first-order valence-corrected chi connectivity index (χ1v) is 6.77. The second-order valence-corrected chi connectivity index (χ2v) is 5.01. The minimum Gasteiger partial charge on any atom is -0.461 e. The van der Waals surface area contributed by atoms with Crippen LogP contribution in [0.1, 0.15) is 13.8 Å². The maximum absolute atomic E-state index is 5.52. The molecule has 1 aromatic heterocycles. The number of nitrogens with one attached hydrogen (secondary N) is 1. The molecule has 3 N–H and O–H groups in total. The van der Waals surface area contributed by atoms with Gasteiger partial charge in [-0.05, 0) is 13.8 Å². The lowest BCUT2D eigenvalue weighted by molar-refractivity contribution is -0.00461. The van der Waals surface area contributed by atoms with Crippen LogP contribution in [0.15, 0.2) is 0 Å². The number of hydrogen-bond acceptors (Lipinski definition) is 9. The Morgan fingerprint density at radius 1 is 1.14 bits per heavy atom. The van der Waals surface area contributed by atoms with Crippen LogP contribution in [0.5, 0.6) is 6.01 Å². The molecule has 0 saturated carbocycles. The number of rotatable bonds is 6. The SMILES string of the molecule is COC1CN(c2nc(NN)nc(OC(C)C)n2)CC1OC. The van der Waals surface area contributed by atoms with Gasteiger partial charge in [0.15, 0.2) is 0 Å². The number of anilines is 2. The van der Waals surface area contributed by atoms with E-state index in [2.05, 4.69) is 20.4 Å². The zero-order chi connectivity index (χ0) is 15.4. The molecule has 0 radical (unpaired) electrons. The van der Waals surface area contributed by atoms with E-state index in [1.54, 1.807) is 14.2 Å². The molecule has 0 spiro atoms. The Hall–Kier alpha value is -1.71. The molecule has 0 bridgehead atoms. The van der Waals surface area contributed by atoms with Crippen molar-refractivity contribution in [3.63, 3.8) is 0 Å². The van der Waals surface area contributed by atoms with Crippen LogP contribution >= 0.6 is 0 Å². The van der Waals surface area contributed by atoms with E-state index < -0.39 is 0 Å². The molecule has 9 nitrogen and oxygen atoms in total. The smallest absolute Gasteiger partial charge is 0.323 e. The van der Waals surface area contributed by atoms with E-state index in [-0.39, 0.29) is 30.3 Å². The third-order valence-corrected chi connectivity index (χ3v) is 3.18. The first-order valence-electron chi connectivity index (χ1n) is 6.77. The van der Waals surface area contributed by atoms with E-state index >= 15 is 0 Å². The van der Waals surface area contributed by atoms with Crippen LogP contribution in [0.25, 0.3) is 0 Å². The Labute approximate surface area is 123 Å². The van der Waals surface area contributed by atoms with Gasteiger partial charge in [-0.2, -0.15) is 15.0 Å². The maximum atomic E-state index is 5.52. The van der Waals surface area contributed by atoms with Gasteiger partial charge in [0.25, 0.3) is 0 Å². The molecule has 0 aliphatic carbocycles. The first-order chi connectivity index (χ1) is 10.1. The van der Waals surface area contributed by atoms with Gasteiger partial charge in [-0.1, -0.05) is 0 Å². The molecule has 21 heavy (non-hydrogen) atoms. The molecule has 1 saturated heterocycles. The Morgan fingerprint density at radius 3 is 2.24 bits per heavy atom. The number of hydrazine groups is 1. The van der Waals surface area contributed by atoms with Gasteiger partial charge in [0.2, 0.25) is 11.9 Å². The highest BCUT2D eigenvalue weighted by Gasteiger charge is 2.34. The summed E-state index contributed by atoms with van der Waals surface area (Å²) in [6.45, 7) is 5.06. The van der Waals surface area contributed by atoms with E-state index in [4.69, 9.17) is 20.1 Å². The Kier molecular flexibility index (Phi) is 5.10. The number of aromatic nitrogens is 3. The van der Waals surface area contributed by atoms with Crippen LogP contribution in [0.3, 0.4) is 0 Å². The van der Waals surface area contributed by atoms with E-state index in [9.17, 15) is 0 Å². The average Bonchev–Trinajstić information content (AvgIpc) is 2.89. The third kappa shape index (κ3) is 3.69. The minimum absolute atomic E-state index is 0.0319. The number of hydrogen-bond donors (Lipinski definition) is 2. The van der Waals surface area contributed by atoms with Gasteiger partial charge in [0, 0.05) is 27.3 Å². The third-order valence-electron chi connectivity index (χ3n) is 3.18. The molecule has 1 aliphatic heterocycles. The van der Waals surface area contributed by atoms with E-state index in [0.29, 0.717) is 19.0 Å². The van der Waals surface area contributed by atoms with Gasteiger partial charge >= 0.3 is 6.01 Å². The van der Waals surface area contributed by atoms with Crippen LogP contribution in [-0.2, 0) is 9.47 Å². The highest BCUT2D eigenvalue weighted by molar-refractivity contribution is 5.39. The maximum Gasteiger partial charge on any atom is 0.323 e. The van der Waals surface area contributed by atoms with Gasteiger partial charge < -0.3 is 19.1 Å². The molecule has 0 aromatic carbocycles. The molecular formula is C12H22N6O3. The van der Waals surface area contributed by atoms with Crippen molar-refractivity contribution in [1.82, 2.24) is 15.0 Å². The van der Waals surface area contributed by atoms with Crippen LogP contribution in [0.4, 0.5) is 11.9 Å². The van der Waals surface area contributed by atoms with Gasteiger partial charge in [-0.25, -0.2) is 5.84 Å². The first kappa shape index (κ1) is 15.7.